The number of aliphatic hydroxyl groups is 1. The maximum absolute atomic E-state index is 9.83. The minimum atomic E-state index is -0.539. The smallest absolute Gasteiger partial charge is 0.128 e. The summed E-state index contributed by atoms with van der Waals surface area (Å²) in [7, 11) is 0. The summed E-state index contributed by atoms with van der Waals surface area (Å²) in [5.74, 6) is 0.884. The second-order valence-electron chi connectivity index (χ2n) is 4.50. The fourth-order valence-electron chi connectivity index (χ4n) is 1.86. The molecule has 0 radical (unpaired) electrons. The molecule has 0 saturated carbocycles. The number of hydrogen-bond acceptors (Lipinski definition) is 4. The van der Waals surface area contributed by atoms with Crippen molar-refractivity contribution in [3.8, 4) is 6.07 Å². The molecule has 4 nitrogen and oxygen atoms in total. The molecule has 1 aliphatic heterocycles. The summed E-state index contributed by atoms with van der Waals surface area (Å²) in [5, 5.41) is 18.5. The van der Waals surface area contributed by atoms with Gasteiger partial charge in [-0.2, -0.15) is 5.26 Å². The zero-order chi connectivity index (χ0) is 11.6. The van der Waals surface area contributed by atoms with Gasteiger partial charge in [0.1, 0.15) is 11.9 Å². The van der Waals surface area contributed by atoms with Crippen molar-refractivity contribution in [3.05, 3.63) is 23.9 Å². The maximum atomic E-state index is 9.83. The number of nitrogens with zero attached hydrogens (tertiary/aromatic N) is 3. The van der Waals surface area contributed by atoms with Crippen LogP contribution in [0, 0.1) is 11.3 Å². The summed E-state index contributed by atoms with van der Waals surface area (Å²) in [4.78, 5) is 6.38. The van der Waals surface area contributed by atoms with Crippen LogP contribution >= 0.6 is 0 Å². The predicted molar refractivity (Wildman–Crippen MR) is 61.0 cm³/mol. The van der Waals surface area contributed by atoms with Gasteiger partial charge in [0.05, 0.1) is 11.2 Å². The molecule has 0 unspecified atom stereocenters. The first-order valence-corrected chi connectivity index (χ1v) is 5.44. The van der Waals surface area contributed by atoms with E-state index in [1.165, 1.54) is 0 Å². The monoisotopic (exact) mass is 217 g/mol. The summed E-state index contributed by atoms with van der Waals surface area (Å²) in [5.41, 5.74) is 0.0380. The number of rotatable bonds is 1. The molecule has 0 amide bonds. The third kappa shape index (κ3) is 2.31. The van der Waals surface area contributed by atoms with E-state index in [9.17, 15) is 5.11 Å². The Balaban J connectivity index is 2.06. The Bertz CT molecular complexity index is 395. The van der Waals surface area contributed by atoms with Gasteiger partial charge in [-0.15, -0.1) is 0 Å². The lowest BCUT2D eigenvalue weighted by Crippen LogP contribution is -2.42. The Labute approximate surface area is 95.1 Å². The molecule has 1 aromatic rings. The topological polar surface area (TPSA) is 60.1 Å². The molecule has 16 heavy (non-hydrogen) atoms. The van der Waals surface area contributed by atoms with Gasteiger partial charge in [-0.3, -0.25) is 0 Å². The standard InChI is InChI=1S/C12H15N3O/c1-12(16)4-6-15(7-5-12)11-3-2-10(8-13)9-14-11/h2-3,9,16H,4-7H2,1H3. The van der Waals surface area contributed by atoms with Crippen LogP contribution < -0.4 is 4.90 Å². The van der Waals surface area contributed by atoms with Crippen molar-refractivity contribution in [2.24, 2.45) is 0 Å². The average molecular weight is 217 g/mol. The molecule has 1 aromatic heterocycles. The second-order valence-corrected chi connectivity index (χ2v) is 4.50. The molecule has 0 aliphatic carbocycles. The first kappa shape index (κ1) is 10.9. The van der Waals surface area contributed by atoms with Gasteiger partial charge in [-0.25, -0.2) is 4.98 Å². The van der Waals surface area contributed by atoms with Gasteiger partial charge >= 0.3 is 0 Å². The van der Waals surface area contributed by atoms with Gasteiger partial charge in [-0.1, -0.05) is 0 Å². The van der Waals surface area contributed by atoms with Crippen molar-refractivity contribution in [2.45, 2.75) is 25.4 Å². The highest BCUT2D eigenvalue weighted by atomic mass is 16.3. The quantitative estimate of drug-likeness (QED) is 0.770. The van der Waals surface area contributed by atoms with Gasteiger partial charge < -0.3 is 10.0 Å². The summed E-state index contributed by atoms with van der Waals surface area (Å²) in [6.45, 7) is 3.49. The largest absolute Gasteiger partial charge is 0.390 e. The van der Waals surface area contributed by atoms with Crippen LogP contribution in [0.3, 0.4) is 0 Å². The SMILES string of the molecule is CC1(O)CCN(c2ccc(C#N)cn2)CC1. The van der Waals surface area contributed by atoms with Crippen molar-refractivity contribution in [3.63, 3.8) is 0 Å². The highest BCUT2D eigenvalue weighted by molar-refractivity contribution is 5.42. The highest BCUT2D eigenvalue weighted by Crippen LogP contribution is 2.24. The fourth-order valence-corrected chi connectivity index (χ4v) is 1.86. The van der Waals surface area contributed by atoms with Crippen molar-refractivity contribution in [2.75, 3.05) is 18.0 Å². The summed E-state index contributed by atoms with van der Waals surface area (Å²) in [6, 6.07) is 5.68. The molecule has 1 aliphatic rings. The molecule has 1 fully saturated rings. The van der Waals surface area contributed by atoms with Gasteiger partial charge in [-0.05, 0) is 31.9 Å². The second kappa shape index (κ2) is 4.11. The van der Waals surface area contributed by atoms with E-state index in [0.29, 0.717) is 5.56 Å². The van der Waals surface area contributed by atoms with E-state index >= 15 is 0 Å². The number of aromatic nitrogens is 1. The summed E-state index contributed by atoms with van der Waals surface area (Å²) < 4.78 is 0. The van der Waals surface area contributed by atoms with E-state index in [2.05, 4.69) is 9.88 Å². The highest BCUT2D eigenvalue weighted by Gasteiger charge is 2.27. The summed E-state index contributed by atoms with van der Waals surface area (Å²) >= 11 is 0. The molecule has 0 bridgehead atoms. The lowest BCUT2D eigenvalue weighted by molar-refractivity contribution is 0.0350. The molecule has 0 atom stereocenters. The third-order valence-corrected chi connectivity index (χ3v) is 3.04. The Morgan fingerprint density at radius 2 is 2.12 bits per heavy atom. The van der Waals surface area contributed by atoms with E-state index in [1.54, 1.807) is 12.3 Å². The van der Waals surface area contributed by atoms with Crippen LogP contribution in [0.15, 0.2) is 18.3 Å². The Kier molecular flexibility index (Phi) is 2.80. The van der Waals surface area contributed by atoms with Gasteiger partial charge in [0.25, 0.3) is 0 Å². The normalized spacial score (nSPS) is 19.2. The molecule has 2 heterocycles. The summed E-state index contributed by atoms with van der Waals surface area (Å²) in [6.07, 6.45) is 3.10. The lowest BCUT2D eigenvalue weighted by atomic mass is 9.94. The fraction of sp³-hybridized carbons (Fsp3) is 0.500. The van der Waals surface area contributed by atoms with Gasteiger partial charge in [0.2, 0.25) is 0 Å². The Morgan fingerprint density at radius 1 is 1.44 bits per heavy atom. The molecule has 0 aromatic carbocycles. The number of piperidine rings is 1. The van der Waals surface area contributed by atoms with Crippen molar-refractivity contribution < 1.29 is 5.11 Å². The van der Waals surface area contributed by atoms with Crippen LogP contribution in [-0.2, 0) is 0 Å². The first-order valence-electron chi connectivity index (χ1n) is 5.44. The molecule has 0 spiro atoms. The first-order chi connectivity index (χ1) is 7.61. The minimum absolute atomic E-state index is 0.539. The van der Waals surface area contributed by atoms with Gasteiger partial charge in [0.15, 0.2) is 0 Å². The van der Waals surface area contributed by atoms with E-state index in [-0.39, 0.29) is 0 Å². The molecular formula is C12H15N3O. The number of anilines is 1. The minimum Gasteiger partial charge on any atom is -0.390 e. The van der Waals surface area contributed by atoms with Crippen LogP contribution in [0.25, 0.3) is 0 Å². The Hall–Kier alpha value is -1.60. The third-order valence-electron chi connectivity index (χ3n) is 3.04. The molecule has 84 valence electrons. The van der Waals surface area contributed by atoms with Crippen LogP contribution in [0.2, 0.25) is 0 Å². The van der Waals surface area contributed by atoms with Crippen LogP contribution in [0.4, 0.5) is 5.82 Å². The Morgan fingerprint density at radius 3 is 2.62 bits per heavy atom. The van der Waals surface area contributed by atoms with E-state index in [4.69, 9.17) is 5.26 Å². The lowest BCUT2D eigenvalue weighted by Gasteiger charge is -2.36. The van der Waals surface area contributed by atoms with Crippen LogP contribution in [0.5, 0.6) is 0 Å². The van der Waals surface area contributed by atoms with E-state index < -0.39 is 5.60 Å². The van der Waals surface area contributed by atoms with E-state index in [0.717, 1.165) is 31.7 Å². The van der Waals surface area contributed by atoms with Crippen molar-refractivity contribution in [1.29, 1.82) is 5.26 Å². The zero-order valence-corrected chi connectivity index (χ0v) is 9.35. The number of hydrogen-bond donors (Lipinski definition) is 1. The molecular weight excluding hydrogens is 202 g/mol. The van der Waals surface area contributed by atoms with Crippen molar-refractivity contribution >= 4 is 5.82 Å². The number of nitriles is 1. The van der Waals surface area contributed by atoms with Crippen LogP contribution in [0.1, 0.15) is 25.3 Å². The molecule has 1 saturated heterocycles. The average Bonchev–Trinajstić information content (AvgIpc) is 2.29. The van der Waals surface area contributed by atoms with Crippen molar-refractivity contribution in [1.82, 2.24) is 4.98 Å². The van der Waals surface area contributed by atoms with E-state index in [1.807, 2.05) is 19.1 Å². The number of pyridine rings is 1. The zero-order valence-electron chi connectivity index (χ0n) is 9.35. The molecule has 4 heteroatoms. The predicted octanol–water partition coefficient (Wildman–Crippen LogP) is 1.30. The van der Waals surface area contributed by atoms with Gasteiger partial charge in [0, 0.05) is 19.3 Å². The van der Waals surface area contributed by atoms with Crippen LogP contribution in [-0.4, -0.2) is 28.8 Å². The molecule has 1 N–H and O–H groups in total. The maximum Gasteiger partial charge on any atom is 0.128 e. The molecule has 2 rings (SSSR count).